The van der Waals surface area contributed by atoms with Gasteiger partial charge in [0.25, 0.3) is 11.1 Å². The molecule has 0 aliphatic rings. The number of fused-ring (bicyclic) bond motifs is 1. The normalized spacial score (nSPS) is 12.9. The number of hydrogen-bond donors (Lipinski definition) is 5. The molecule has 0 fully saturated rings. The molecule has 0 saturated carbocycles. The van der Waals surface area contributed by atoms with Crippen LogP contribution in [0.15, 0.2) is 9.59 Å². The van der Waals surface area contributed by atoms with Crippen LogP contribution in [0.25, 0.3) is 0 Å². The highest BCUT2D eigenvalue weighted by Gasteiger charge is 2.24. The van der Waals surface area contributed by atoms with Crippen molar-refractivity contribution < 1.29 is 29.4 Å². The van der Waals surface area contributed by atoms with Gasteiger partial charge in [0.15, 0.2) is 0 Å². The molecule has 34 heavy (non-hydrogen) atoms. The number of thioether (sulfide) groups is 1. The Bertz CT molecular complexity index is 1220. The Balaban J connectivity index is 2.14. The first kappa shape index (κ1) is 26.9. The number of nitrogens with zero attached hydrogens (tertiary/aromatic N) is 2. The second-order valence-electron chi connectivity index (χ2n) is 7.75. The quantitative estimate of drug-likeness (QED) is 0.223. The molecular formula is C20H27N5O8S. The first-order chi connectivity index (χ1) is 15.9. The minimum atomic E-state index is -1.26. The van der Waals surface area contributed by atoms with Gasteiger partial charge in [-0.05, 0) is 27.2 Å². The van der Waals surface area contributed by atoms with Crippen LogP contribution in [0.2, 0.25) is 0 Å². The SMILES string of the molecule is Cc1c(C)n2c(CSC[C@H](NC(=O)CC[C@H](N)C(=O)O)C(=O)NCC(=O)O)c(C)c(=O)n2c1=O. The number of nitrogens with two attached hydrogens (primary N) is 1. The van der Waals surface area contributed by atoms with Crippen LogP contribution in [0.1, 0.15) is 35.4 Å². The molecule has 6 N–H and O–H groups in total. The number of rotatable bonds is 12. The molecule has 14 heteroatoms. The molecule has 0 aliphatic carbocycles. The molecule has 0 unspecified atom stereocenters. The third-order valence-electron chi connectivity index (χ3n) is 5.36. The smallest absolute Gasteiger partial charge is 0.322 e. The van der Waals surface area contributed by atoms with Crippen molar-refractivity contribution in [1.82, 2.24) is 19.7 Å². The number of amides is 2. The summed E-state index contributed by atoms with van der Waals surface area (Å²) in [7, 11) is 0. The lowest BCUT2D eigenvalue weighted by Gasteiger charge is -2.18. The van der Waals surface area contributed by atoms with Gasteiger partial charge in [0.1, 0.15) is 18.6 Å². The Kier molecular flexibility index (Phi) is 8.81. The van der Waals surface area contributed by atoms with Crippen LogP contribution in [0, 0.1) is 20.8 Å². The molecule has 2 aromatic rings. The van der Waals surface area contributed by atoms with Gasteiger partial charge in [-0.25, -0.2) is 0 Å². The topological polar surface area (TPSA) is 202 Å². The summed E-state index contributed by atoms with van der Waals surface area (Å²) >= 11 is 1.20. The number of carboxylic acid groups (broad SMARTS) is 2. The van der Waals surface area contributed by atoms with E-state index in [-0.39, 0.29) is 24.3 Å². The maximum atomic E-state index is 12.5. The van der Waals surface area contributed by atoms with Crippen molar-refractivity contribution in [3.63, 3.8) is 0 Å². The van der Waals surface area contributed by atoms with Crippen LogP contribution in [0.3, 0.4) is 0 Å². The van der Waals surface area contributed by atoms with Gasteiger partial charge in [-0.3, -0.25) is 33.3 Å². The number of aryl methyl sites for hydroxylation is 1. The van der Waals surface area contributed by atoms with E-state index in [0.717, 1.165) is 4.52 Å². The molecular weight excluding hydrogens is 470 g/mol. The average Bonchev–Trinajstić information content (AvgIpc) is 3.15. The summed E-state index contributed by atoms with van der Waals surface area (Å²) in [5.74, 6) is -3.62. The molecule has 0 aromatic carbocycles. The van der Waals surface area contributed by atoms with Crippen molar-refractivity contribution in [2.45, 2.75) is 51.4 Å². The second-order valence-corrected chi connectivity index (χ2v) is 8.78. The van der Waals surface area contributed by atoms with Crippen molar-refractivity contribution >= 4 is 35.5 Å². The van der Waals surface area contributed by atoms with Gasteiger partial charge in [0.05, 0.1) is 5.69 Å². The second kappa shape index (κ2) is 11.2. The van der Waals surface area contributed by atoms with Crippen molar-refractivity contribution in [2.75, 3.05) is 12.3 Å². The molecule has 13 nitrogen and oxygen atoms in total. The first-order valence-electron chi connectivity index (χ1n) is 10.3. The Morgan fingerprint density at radius 1 is 1.03 bits per heavy atom. The summed E-state index contributed by atoms with van der Waals surface area (Å²) in [6.45, 7) is 4.29. The van der Waals surface area contributed by atoms with E-state index < -0.39 is 53.5 Å². The molecule has 0 bridgehead atoms. The standard InChI is InChI=1S/C20H27N5O8S/c1-9-11(3)24-14(10(2)19(31)25(24)18(9)30)8-34-7-13(17(29)22-6-16(27)28)23-15(26)5-4-12(21)20(32)33/h12-13H,4-8,21H2,1-3H3,(H,22,29)(H,23,26)(H,27,28)(H,32,33)/t12-,13-/m0/s1. The molecule has 0 radical (unpaired) electrons. The molecule has 2 aromatic heterocycles. The number of carbonyl (C=O) groups excluding carboxylic acids is 2. The third kappa shape index (κ3) is 5.94. The predicted molar refractivity (Wildman–Crippen MR) is 122 cm³/mol. The van der Waals surface area contributed by atoms with Crippen LogP contribution in [0.4, 0.5) is 0 Å². The molecule has 2 amide bonds. The zero-order valence-electron chi connectivity index (χ0n) is 18.9. The van der Waals surface area contributed by atoms with Gasteiger partial charge in [-0.1, -0.05) is 0 Å². The Hall–Kier alpha value is -3.39. The molecule has 0 aliphatic heterocycles. The lowest BCUT2D eigenvalue weighted by molar-refractivity contribution is -0.139. The fraction of sp³-hybridized carbons (Fsp3) is 0.500. The molecule has 0 spiro atoms. The summed E-state index contributed by atoms with van der Waals surface area (Å²) in [4.78, 5) is 71.1. The Morgan fingerprint density at radius 3 is 2.24 bits per heavy atom. The minimum Gasteiger partial charge on any atom is -0.480 e. The third-order valence-corrected chi connectivity index (χ3v) is 6.41. The van der Waals surface area contributed by atoms with Crippen molar-refractivity contribution in [1.29, 1.82) is 0 Å². The summed E-state index contributed by atoms with van der Waals surface area (Å²) in [5, 5.41) is 22.3. The number of aliphatic carboxylic acids is 2. The van der Waals surface area contributed by atoms with Crippen molar-refractivity contribution in [3.05, 3.63) is 43.2 Å². The maximum absolute atomic E-state index is 12.5. The summed E-state index contributed by atoms with van der Waals surface area (Å²) in [6.07, 6.45) is -0.385. The van der Waals surface area contributed by atoms with E-state index in [0.29, 0.717) is 22.5 Å². The molecule has 2 heterocycles. The summed E-state index contributed by atoms with van der Waals surface area (Å²) in [5.41, 5.74) is 6.56. The van der Waals surface area contributed by atoms with Crippen molar-refractivity contribution in [3.8, 4) is 0 Å². The van der Waals surface area contributed by atoms with Gasteiger partial charge < -0.3 is 26.6 Å². The summed E-state index contributed by atoms with van der Waals surface area (Å²) in [6, 6.07) is -2.36. The minimum absolute atomic E-state index is 0.0245. The van der Waals surface area contributed by atoms with E-state index in [1.807, 2.05) is 0 Å². The van der Waals surface area contributed by atoms with E-state index >= 15 is 0 Å². The zero-order valence-corrected chi connectivity index (χ0v) is 19.7. The highest BCUT2D eigenvalue weighted by Crippen LogP contribution is 2.17. The zero-order chi connectivity index (χ0) is 25.7. The monoisotopic (exact) mass is 497 g/mol. The molecule has 186 valence electrons. The maximum Gasteiger partial charge on any atom is 0.322 e. The number of carbonyl (C=O) groups is 4. The van der Waals surface area contributed by atoms with Gasteiger partial charge in [0, 0.05) is 34.7 Å². The van der Waals surface area contributed by atoms with Gasteiger partial charge >= 0.3 is 11.9 Å². The van der Waals surface area contributed by atoms with E-state index in [4.69, 9.17) is 15.9 Å². The van der Waals surface area contributed by atoms with Crippen LogP contribution < -0.4 is 27.5 Å². The van der Waals surface area contributed by atoms with Crippen LogP contribution in [-0.4, -0.2) is 67.4 Å². The van der Waals surface area contributed by atoms with E-state index in [1.54, 1.807) is 20.8 Å². The van der Waals surface area contributed by atoms with Gasteiger partial charge in [-0.2, -0.15) is 16.3 Å². The largest absolute Gasteiger partial charge is 0.480 e. The van der Waals surface area contributed by atoms with E-state index in [2.05, 4.69) is 10.6 Å². The van der Waals surface area contributed by atoms with E-state index in [1.165, 1.54) is 16.3 Å². The lowest BCUT2D eigenvalue weighted by atomic mass is 10.1. The molecule has 2 rings (SSSR count). The van der Waals surface area contributed by atoms with Crippen LogP contribution in [-0.2, 0) is 24.9 Å². The average molecular weight is 498 g/mol. The molecule has 2 atom stereocenters. The fourth-order valence-corrected chi connectivity index (χ4v) is 4.37. The van der Waals surface area contributed by atoms with Gasteiger partial charge in [0.2, 0.25) is 11.8 Å². The number of nitrogens with one attached hydrogen (secondary N) is 2. The Morgan fingerprint density at radius 2 is 1.65 bits per heavy atom. The van der Waals surface area contributed by atoms with Gasteiger partial charge in [-0.15, -0.1) is 0 Å². The fourth-order valence-electron chi connectivity index (χ4n) is 3.25. The number of aromatic nitrogens is 2. The highest BCUT2D eigenvalue weighted by molar-refractivity contribution is 7.98. The summed E-state index contributed by atoms with van der Waals surface area (Å²) < 4.78 is 2.59. The predicted octanol–water partition coefficient (Wildman–Crippen LogP) is -1.77. The number of hydrogen-bond acceptors (Lipinski definition) is 8. The highest BCUT2D eigenvalue weighted by atomic mass is 32.2. The van der Waals surface area contributed by atoms with E-state index in [9.17, 15) is 28.8 Å². The number of carboxylic acids is 2. The van der Waals surface area contributed by atoms with Crippen LogP contribution >= 0.6 is 11.8 Å². The first-order valence-corrected chi connectivity index (χ1v) is 11.4. The van der Waals surface area contributed by atoms with Crippen molar-refractivity contribution in [2.24, 2.45) is 5.73 Å². The lowest BCUT2D eigenvalue weighted by Crippen LogP contribution is -2.49. The Labute approximate surface area is 197 Å². The van der Waals surface area contributed by atoms with Crippen LogP contribution in [0.5, 0.6) is 0 Å². The molecule has 0 saturated heterocycles.